The van der Waals surface area contributed by atoms with Crippen molar-refractivity contribution in [2.75, 3.05) is 17.4 Å². The van der Waals surface area contributed by atoms with Gasteiger partial charge in [-0.3, -0.25) is 13.9 Å². The van der Waals surface area contributed by atoms with Crippen LogP contribution in [0.15, 0.2) is 89.1 Å². The average Bonchev–Trinajstić information content (AvgIpc) is 3.36. The molecule has 3 aromatic rings. The number of amides is 2. The third-order valence-corrected chi connectivity index (χ3v) is 7.31. The maximum absolute atomic E-state index is 13.4. The summed E-state index contributed by atoms with van der Waals surface area (Å²) in [4.78, 5) is 24.3. The molecule has 2 aromatic carbocycles. The van der Waals surface area contributed by atoms with E-state index in [9.17, 15) is 18.0 Å². The number of anilines is 1. The van der Waals surface area contributed by atoms with Gasteiger partial charge in [-0.2, -0.15) is 8.42 Å². The van der Waals surface area contributed by atoms with E-state index in [1.165, 1.54) is 16.4 Å². The zero-order valence-electron chi connectivity index (χ0n) is 18.4. The zero-order chi connectivity index (χ0) is 24.1. The van der Waals surface area contributed by atoms with Crippen LogP contribution in [0.4, 0.5) is 5.69 Å². The summed E-state index contributed by atoms with van der Waals surface area (Å²) >= 11 is 0. The molecule has 2 amide bonds. The lowest BCUT2D eigenvalue weighted by Gasteiger charge is -2.34. The Kier molecular flexibility index (Phi) is 6.83. The lowest BCUT2D eigenvalue weighted by Crippen LogP contribution is -2.40. The molecular formula is C25H25N3O5S. The largest absolute Gasteiger partial charge is 0.450 e. The number of rotatable bonds is 8. The molecule has 176 valence electrons. The molecule has 1 atom stereocenters. The highest BCUT2D eigenvalue weighted by Crippen LogP contribution is 2.37. The first kappa shape index (κ1) is 23.3. The number of nitrogens with zero attached hydrogens (tertiary/aromatic N) is 1. The molecule has 0 spiro atoms. The van der Waals surface area contributed by atoms with Crippen molar-refractivity contribution >= 4 is 27.5 Å². The van der Waals surface area contributed by atoms with Gasteiger partial charge in [0, 0.05) is 19.2 Å². The van der Waals surface area contributed by atoms with E-state index in [2.05, 4.69) is 17.2 Å². The second-order valence-electron chi connectivity index (χ2n) is 7.84. The topological polar surface area (TPSA) is 109 Å². The van der Waals surface area contributed by atoms with Crippen molar-refractivity contribution in [1.82, 2.24) is 10.6 Å². The fraction of sp³-hybridized carbons (Fsp3) is 0.200. The normalized spacial score (nSPS) is 15.3. The highest BCUT2D eigenvalue weighted by Gasteiger charge is 2.35. The van der Waals surface area contributed by atoms with E-state index in [0.29, 0.717) is 30.6 Å². The van der Waals surface area contributed by atoms with E-state index in [4.69, 9.17) is 4.42 Å². The van der Waals surface area contributed by atoms with Crippen molar-refractivity contribution in [2.45, 2.75) is 24.0 Å². The van der Waals surface area contributed by atoms with E-state index in [-0.39, 0.29) is 29.1 Å². The average molecular weight is 480 g/mol. The summed E-state index contributed by atoms with van der Waals surface area (Å²) in [5, 5.41) is 5.30. The quantitative estimate of drug-likeness (QED) is 0.483. The van der Waals surface area contributed by atoms with E-state index < -0.39 is 15.9 Å². The summed E-state index contributed by atoms with van der Waals surface area (Å²) in [5.41, 5.74) is 2.35. The molecule has 34 heavy (non-hydrogen) atoms. The van der Waals surface area contributed by atoms with Gasteiger partial charge in [-0.25, -0.2) is 0 Å². The summed E-state index contributed by atoms with van der Waals surface area (Å²) in [6, 6.07) is 17.6. The van der Waals surface area contributed by atoms with Crippen LogP contribution in [-0.2, 0) is 21.2 Å². The van der Waals surface area contributed by atoms with E-state index in [0.717, 1.165) is 11.8 Å². The molecule has 0 saturated carbocycles. The molecule has 1 aromatic heterocycles. The van der Waals surface area contributed by atoms with Gasteiger partial charge in [0.05, 0.1) is 17.3 Å². The zero-order valence-corrected chi connectivity index (χ0v) is 19.3. The fourth-order valence-corrected chi connectivity index (χ4v) is 5.34. The van der Waals surface area contributed by atoms with Crippen molar-refractivity contribution in [2.24, 2.45) is 0 Å². The summed E-state index contributed by atoms with van der Waals surface area (Å²) in [7, 11) is -4.06. The van der Waals surface area contributed by atoms with Gasteiger partial charge < -0.3 is 15.1 Å². The lowest BCUT2D eigenvalue weighted by molar-refractivity contribution is -0.117. The molecule has 4 rings (SSSR count). The maximum atomic E-state index is 13.4. The van der Waals surface area contributed by atoms with Crippen molar-refractivity contribution in [3.8, 4) is 0 Å². The molecular weight excluding hydrogens is 454 g/mol. The third-order valence-electron chi connectivity index (χ3n) is 5.63. The van der Waals surface area contributed by atoms with Gasteiger partial charge in [-0.15, -0.1) is 0 Å². The first-order valence-electron chi connectivity index (χ1n) is 10.9. The molecule has 2 heterocycles. The van der Waals surface area contributed by atoms with Gasteiger partial charge in [-0.05, 0) is 36.1 Å². The Balaban J connectivity index is 1.49. The van der Waals surface area contributed by atoms with Crippen molar-refractivity contribution in [3.63, 3.8) is 0 Å². The first-order chi connectivity index (χ1) is 16.4. The van der Waals surface area contributed by atoms with Crippen molar-refractivity contribution in [3.05, 3.63) is 96.3 Å². The molecule has 0 bridgehead atoms. The minimum atomic E-state index is -4.06. The first-order valence-corrected chi connectivity index (χ1v) is 12.3. The van der Waals surface area contributed by atoms with Crippen molar-refractivity contribution < 1.29 is 22.4 Å². The third kappa shape index (κ3) is 4.89. The van der Waals surface area contributed by atoms with Crippen molar-refractivity contribution in [1.29, 1.82) is 0 Å². The maximum Gasteiger partial charge on any atom is 0.297 e. The van der Waals surface area contributed by atoms with E-state index >= 15 is 0 Å². The molecule has 1 aliphatic heterocycles. The van der Waals surface area contributed by atoms with Gasteiger partial charge in [0.15, 0.2) is 0 Å². The number of para-hydroxylation sites is 1. The number of benzene rings is 2. The lowest BCUT2D eigenvalue weighted by atomic mass is 9.98. The van der Waals surface area contributed by atoms with Crippen LogP contribution in [0.1, 0.15) is 33.9 Å². The number of hydrogen-bond donors (Lipinski definition) is 2. The summed E-state index contributed by atoms with van der Waals surface area (Å²) in [5.74, 6) is -0.738. The highest BCUT2D eigenvalue weighted by atomic mass is 32.2. The van der Waals surface area contributed by atoms with Crippen LogP contribution in [0.2, 0.25) is 0 Å². The number of fused-ring (bicyclic) bond motifs is 1. The monoisotopic (exact) mass is 479 g/mol. The number of carbonyl (C=O) groups is 2. The molecule has 0 radical (unpaired) electrons. The molecule has 1 aliphatic rings. The summed E-state index contributed by atoms with van der Waals surface area (Å²) in [6.07, 6.45) is 3.36. The van der Waals surface area contributed by atoms with E-state index in [1.807, 2.05) is 30.3 Å². The van der Waals surface area contributed by atoms with Gasteiger partial charge in [-0.1, -0.05) is 55.1 Å². The Labute approximate surface area is 198 Å². The Morgan fingerprint density at radius 1 is 1.12 bits per heavy atom. The van der Waals surface area contributed by atoms with Crippen LogP contribution in [0.3, 0.4) is 0 Å². The smallest absolute Gasteiger partial charge is 0.297 e. The molecule has 8 nitrogen and oxygen atoms in total. The number of furan rings is 1. The number of carbonyl (C=O) groups excluding carboxylic acids is 2. The standard InChI is InChI=1S/C25H25N3O5S/c1-2-23(29)27-21-13-15-28(22-11-7-6-10-20(21)22)34(31,32)24-16-19(17-33-24)25(30)26-14-12-18-8-4-3-5-9-18/h2-11,16-17,21H,1,12-15H2,(H,26,30)(H,27,29). The number of hydrogen-bond acceptors (Lipinski definition) is 5. The predicted octanol–water partition coefficient (Wildman–Crippen LogP) is 3.19. The Hall–Kier alpha value is -3.85. The van der Waals surface area contributed by atoms with Gasteiger partial charge in [0.1, 0.15) is 6.26 Å². The minimum absolute atomic E-state index is 0.132. The second-order valence-corrected chi connectivity index (χ2v) is 9.63. The molecule has 0 saturated heterocycles. The minimum Gasteiger partial charge on any atom is -0.450 e. The summed E-state index contributed by atoms with van der Waals surface area (Å²) in [6.45, 7) is 4.01. The Morgan fingerprint density at radius 3 is 2.62 bits per heavy atom. The molecule has 0 fully saturated rings. The van der Waals surface area contributed by atoms with Crippen LogP contribution >= 0.6 is 0 Å². The summed E-state index contributed by atoms with van der Waals surface area (Å²) < 4.78 is 33.3. The predicted molar refractivity (Wildman–Crippen MR) is 128 cm³/mol. The molecule has 2 N–H and O–H groups in total. The number of nitrogens with one attached hydrogen (secondary N) is 2. The molecule has 0 aliphatic carbocycles. The van der Waals surface area contributed by atoms with Gasteiger partial charge in [0.2, 0.25) is 11.0 Å². The van der Waals surface area contributed by atoms with E-state index in [1.54, 1.807) is 24.3 Å². The van der Waals surface area contributed by atoms with Crippen LogP contribution in [0.25, 0.3) is 0 Å². The van der Waals surface area contributed by atoms with Crippen LogP contribution < -0.4 is 14.9 Å². The second kappa shape index (κ2) is 9.96. The van der Waals surface area contributed by atoms with Crippen LogP contribution in [-0.4, -0.2) is 33.3 Å². The fourth-order valence-electron chi connectivity index (χ4n) is 3.91. The molecule has 1 unspecified atom stereocenters. The molecule has 9 heteroatoms. The van der Waals surface area contributed by atoms with Crippen LogP contribution in [0, 0.1) is 0 Å². The SMILES string of the molecule is C=CC(=O)NC1CCN(S(=O)(=O)c2cc(C(=O)NCCc3ccccc3)co2)c2ccccc21. The Morgan fingerprint density at radius 2 is 1.85 bits per heavy atom. The van der Waals surface area contributed by atoms with Gasteiger partial charge in [0.25, 0.3) is 15.9 Å². The van der Waals surface area contributed by atoms with Gasteiger partial charge >= 0.3 is 0 Å². The number of sulfonamides is 1. The Bertz CT molecular complexity index is 1300. The van der Waals surface area contributed by atoms with Crippen LogP contribution in [0.5, 0.6) is 0 Å². The highest BCUT2D eigenvalue weighted by molar-refractivity contribution is 7.92.